The summed E-state index contributed by atoms with van der Waals surface area (Å²) in [6.07, 6.45) is 1.96. The molecule has 1 fully saturated rings. The minimum Gasteiger partial charge on any atom is -0.496 e. The highest BCUT2D eigenvalue weighted by Gasteiger charge is 2.29. The van der Waals surface area contributed by atoms with E-state index in [-0.39, 0.29) is 17.8 Å². The smallest absolute Gasteiger partial charge is 0.240 e. The molecule has 1 saturated heterocycles. The second-order valence-electron chi connectivity index (χ2n) is 6.48. The number of rotatable bonds is 5. The van der Waals surface area contributed by atoms with Crippen molar-refractivity contribution in [1.82, 2.24) is 10.0 Å². The molecule has 5 nitrogen and oxygen atoms in total. The fourth-order valence-corrected chi connectivity index (χ4v) is 4.32. The van der Waals surface area contributed by atoms with Gasteiger partial charge in [-0.25, -0.2) is 13.1 Å². The molecule has 0 amide bonds. The van der Waals surface area contributed by atoms with Gasteiger partial charge in [-0.1, -0.05) is 6.92 Å². The fourth-order valence-electron chi connectivity index (χ4n) is 2.95. The SMILES string of the molecule is COc1c(C)cc(S(=O)(=O)NCC2(C)CCNCC2)cc1C.Cl. The summed E-state index contributed by atoms with van der Waals surface area (Å²) < 4.78 is 33.2. The number of piperidine rings is 1. The summed E-state index contributed by atoms with van der Waals surface area (Å²) >= 11 is 0. The Labute approximate surface area is 145 Å². The van der Waals surface area contributed by atoms with Crippen molar-refractivity contribution in [3.63, 3.8) is 0 Å². The third-order valence-corrected chi connectivity index (χ3v) is 5.83. The van der Waals surface area contributed by atoms with Gasteiger partial charge in [0.25, 0.3) is 0 Å². The van der Waals surface area contributed by atoms with E-state index in [0.717, 1.165) is 42.8 Å². The number of halogens is 1. The van der Waals surface area contributed by atoms with Crippen LogP contribution in [0.1, 0.15) is 30.9 Å². The van der Waals surface area contributed by atoms with Crippen molar-refractivity contribution < 1.29 is 13.2 Å². The number of aryl methyl sites for hydroxylation is 2. The van der Waals surface area contributed by atoms with E-state index in [9.17, 15) is 8.42 Å². The molecule has 1 heterocycles. The van der Waals surface area contributed by atoms with Crippen molar-refractivity contribution in [3.05, 3.63) is 23.3 Å². The molecule has 1 aromatic rings. The lowest BCUT2D eigenvalue weighted by Crippen LogP contribution is -2.42. The predicted molar refractivity (Wildman–Crippen MR) is 95.1 cm³/mol. The van der Waals surface area contributed by atoms with E-state index in [0.29, 0.717) is 11.4 Å². The van der Waals surface area contributed by atoms with Crippen LogP contribution in [0.25, 0.3) is 0 Å². The van der Waals surface area contributed by atoms with Crippen LogP contribution in [-0.4, -0.2) is 35.2 Å². The number of sulfonamides is 1. The Morgan fingerprint density at radius 1 is 1.22 bits per heavy atom. The largest absolute Gasteiger partial charge is 0.496 e. The van der Waals surface area contributed by atoms with E-state index in [1.807, 2.05) is 13.8 Å². The molecule has 0 spiro atoms. The maximum Gasteiger partial charge on any atom is 0.240 e. The fraction of sp³-hybridized carbons (Fsp3) is 0.625. The van der Waals surface area contributed by atoms with E-state index >= 15 is 0 Å². The van der Waals surface area contributed by atoms with Gasteiger partial charge in [0, 0.05) is 6.54 Å². The molecule has 0 atom stereocenters. The Balaban J connectivity index is 0.00000264. The number of methoxy groups -OCH3 is 1. The average Bonchev–Trinajstić information content (AvgIpc) is 2.46. The molecular weight excluding hydrogens is 336 g/mol. The van der Waals surface area contributed by atoms with Crippen molar-refractivity contribution in [3.8, 4) is 5.75 Å². The number of nitrogens with one attached hydrogen (secondary N) is 2. The third-order valence-electron chi connectivity index (χ3n) is 4.45. The van der Waals surface area contributed by atoms with Gasteiger partial charge in [-0.3, -0.25) is 0 Å². The first-order valence-corrected chi connectivity index (χ1v) is 9.11. The number of benzene rings is 1. The lowest BCUT2D eigenvalue weighted by Gasteiger charge is -2.34. The van der Waals surface area contributed by atoms with Crippen LogP contribution in [0.2, 0.25) is 0 Å². The van der Waals surface area contributed by atoms with Crippen LogP contribution in [0, 0.1) is 19.3 Å². The number of hydrogen-bond acceptors (Lipinski definition) is 4. The van der Waals surface area contributed by atoms with Gasteiger partial charge in [0.05, 0.1) is 12.0 Å². The molecule has 0 unspecified atom stereocenters. The normalized spacial score (nSPS) is 17.4. The maximum atomic E-state index is 12.6. The zero-order valence-electron chi connectivity index (χ0n) is 14.2. The quantitative estimate of drug-likeness (QED) is 0.844. The summed E-state index contributed by atoms with van der Waals surface area (Å²) in [4.78, 5) is 0.306. The Morgan fingerprint density at radius 2 is 1.74 bits per heavy atom. The molecule has 2 rings (SSSR count). The van der Waals surface area contributed by atoms with Crippen LogP contribution < -0.4 is 14.8 Å². The summed E-state index contributed by atoms with van der Waals surface area (Å²) in [6.45, 7) is 8.22. The molecule has 0 saturated carbocycles. The van der Waals surface area contributed by atoms with Gasteiger partial charge in [-0.15, -0.1) is 12.4 Å². The molecule has 0 aromatic heterocycles. The molecule has 1 aliphatic rings. The Bertz CT molecular complexity index is 618. The molecule has 0 radical (unpaired) electrons. The lowest BCUT2D eigenvalue weighted by atomic mass is 9.81. The topological polar surface area (TPSA) is 67.4 Å². The second kappa shape index (κ2) is 7.83. The Kier molecular flexibility index (Phi) is 6.89. The third kappa shape index (κ3) is 4.83. The monoisotopic (exact) mass is 362 g/mol. The lowest BCUT2D eigenvalue weighted by molar-refractivity contribution is 0.232. The van der Waals surface area contributed by atoms with Crippen LogP contribution in [0.4, 0.5) is 0 Å². The van der Waals surface area contributed by atoms with Gasteiger partial charge in [0.1, 0.15) is 5.75 Å². The van der Waals surface area contributed by atoms with Crippen molar-refractivity contribution in [2.75, 3.05) is 26.7 Å². The summed E-state index contributed by atoms with van der Waals surface area (Å²) in [6, 6.07) is 3.33. The van der Waals surface area contributed by atoms with Crippen LogP contribution in [0.3, 0.4) is 0 Å². The van der Waals surface area contributed by atoms with E-state index < -0.39 is 10.0 Å². The molecule has 7 heteroatoms. The molecular formula is C16H27ClN2O3S. The maximum absolute atomic E-state index is 12.6. The van der Waals surface area contributed by atoms with Crippen molar-refractivity contribution in [2.45, 2.75) is 38.5 Å². The van der Waals surface area contributed by atoms with Crippen LogP contribution >= 0.6 is 12.4 Å². The van der Waals surface area contributed by atoms with Gasteiger partial charge >= 0.3 is 0 Å². The minimum absolute atomic E-state index is 0. The minimum atomic E-state index is -3.49. The zero-order valence-corrected chi connectivity index (χ0v) is 15.9. The number of ether oxygens (including phenoxy) is 1. The standard InChI is InChI=1S/C16H26N2O3S.ClH/c1-12-9-14(10-13(2)15(12)21-4)22(19,20)18-11-16(3)5-7-17-8-6-16;/h9-10,17-18H,5-8,11H2,1-4H3;1H. The molecule has 1 aliphatic heterocycles. The van der Waals surface area contributed by atoms with Crippen LogP contribution in [0.15, 0.2) is 17.0 Å². The molecule has 23 heavy (non-hydrogen) atoms. The highest BCUT2D eigenvalue weighted by molar-refractivity contribution is 7.89. The summed E-state index contributed by atoms with van der Waals surface area (Å²) in [5, 5.41) is 3.31. The predicted octanol–water partition coefficient (Wildman–Crippen LogP) is 2.40. The van der Waals surface area contributed by atoms with E-state index in [4.69, 9.17) is 4.74 Å². The van der Waals surface area contributed by atoms with Gasteiger partial charge in [-0.2, -0.15) is 0 Å². The summed E-state index contributed by atoms with van der Waals surface area (Å²) in [5.41, 5.74) is 1.68. The van der Waals surface area contributed by atoms with Crippen molar-refractivity contribution >= 4 is 22.4 Å². The average molecular weight is 363 g/mol. The van der Waals surface area contributed by atoms with Crippen molar-refractivity contribution in [2.24, 2.45) is 5.41 Å². The molecule has 0 bridgehead atoms. The first-order valence-electron chi connectivity index (χ1n) is 7.63. The Hall–Kier alpha value is -0.820. The van der Waals surface area contributed by atoms with E-state index in [1.54, 1.807) is 19.2 Å². The van der Waals surface area contributed by atoms with E-state index in [2.05, 4.69) is 17.0 Å². The van der Waals surface area contributed by atoms with Gasteiger partial charge in [0.15, 0.2) is 0 Å². The van der Waals surface area contributed by atoms with E-state index in [1.165, 1.54) is 0 Å². The first-order chi connectivity index (χ1) is 10.3. The summed E-state index contributed by atoms with van der Waals surface area (Å²) in [5.74, 6) is 0.740. The molecule has 1 aromatic carbocycles. The number of hydrogen-bond donors (Lipinski definition) is 2. The van der Waals surface area contributed by atoms with Crippen LogP contribution in [0.5, 0.6) is 5.75 Å². The van der Waals surface area contributed by atoms with Gasteiger partial charge in [0.2, 0.25) is 10.0 Å². The summed E-state index contributed by atoms with van der Waals surface area (Å²) in [7, 11) is -1.90. The van der Waals surface area contributed by atoms with Crippen molar-refractivity contribution in [1.29, 1.82) is 0 Å². The highest BCUT2D eigenvalue weighted by atomic mass is 35.5. The first kappa shape index (κ1) is 20.2. The molecule has 2 N–H and O–H groups in total. The van der Waals surface area contributed by atoms with Gasteiger partial charge in [-0.05, 0) is 68.5 Å². The van der Waals surface area contributed by atoms with Gasteiger partial charge < -0.3 is 10.1 Å². The zero-order chi connectivity index (χ0) is 16.4. The van der Waals surface area contributed by atoms with Crippen LogP contribution in [-0.2, 0) is 10.0 Å². The second-order valence-corrected chi connectivity index (χ2v) is 8.24. The Morgan fingerprint density at radius 3 is 2.22 bits per heavy atom. The molecule has 0 aliphatic carbocycles. The highest BCUT2D eigenvalue weighted by Crippen LogP contribution is 2.29. The molecule has 132 valence electrons.